The molecule has 1 aliphatic rings. The van der Waals surface area contributed by atoms with Gasteiger partial charge >= 0.3 is 0 Å². The third-order valence-corrected chi connectivity index (χ3v) is 4.20. The molecule has 1 saturated heterocycles. The van der Waals surface area contributed by atoms with E-state index in [2.05, 4.69) is 20.4 Å². The van der Waals surface area contributed by atoms with E-state index in [0.29, 0.717) is 17.5 Å². The summed E-state index contributed by atoms with van der Waals surface area (Å²) in [5, 5.41) is 7.45. The molecule has 1 amide bonds. The second-order valence-corrected chi connectivity index (χ2v) is 6.31. The molecule has 7 nitrogen and oxygen atoms in total. The molecule has 0 radical (unpaired) electrons. The lowest BCUT2D eigenvalue weighted by Crippen LogP contribution is -2.36. The van der Waals surface area contributed by atoms with Crippen LogP contribution in [0.3, 0.4) is 0 Å². The van der Waals surface area contributed by atoms with Crippen molar-refractivity contribution in [1.29, 1.82) is 0 Å². The first-order chi connectivity index (χ1) is 11.4. The number of carbonyl (C=O) groups is 1. The Kier molecular flexibility index (Phi) is 4.62. The van der Waals surface area contributed by atoms with E-state index in [1.165, 1.54) is 0 Å². The molecular weight excluding hydrogens is 306 g/mol. The lowest BCUT2D eigenvalue weighted by atomic mass is 9.94. The van der Waals surface area contributed by atoms with E-state index < -0.39 is 0 Å². The van der Waals surface area contributed by atoms with Gasteiger partial charge in [0.2, 0.25) is 5.91 Å². The van der Waals surface area contributed by atoms with Crippen molar-refractivity contribution in [2.24, 2.45) is 5.92 Å². The van der Waals surface area contributed by atoms with E-state index in [0.717, 1.165) is 30.8 Å². The average Bonchev–Trinajstić information content (AvgIpc) is 2.87. The number of nitrogens with one attached hydrogen (secondary N) is 1. The Bertz CT molecular complexity index is 735. The Balaban J connectivity index is 1.87. The third-order valence-electron chi connectivity index (χ3n) is 4.20. The van der Waals surface area contributed by atoms with Crippen LogP contribution in [0.2, 0.25) is 0 Å². The van der Waals surface area contributed by atoms with Crippen molar-refractivity contribution in [1.82, 2.24) is 19.7 Å². The summed E-state index contributed by atoms with van der Waals surface area (Å²) >= 11 is 0. The number of anilines is 1. The summed E-state index contributed by atoms with van der Waals surface area (Å²) in [4.78, 5) is 21.4. The van der Waals surface area contributed by atoms with Crippen molar-refractivity contribution in [3.63, 3.8) is 0 Å². The smallest absolute Gasteiger partial charge is 0.231 e. The predicted molar refractivity (Wildman–Crippen MR) is 90.1 cm³/mol. The molecule has 3 heterocycles. The molecule has 1 aliphatic heterocycles. The number of ether oxygens (including phenoxy) is 1. The molecule has 0 aromatic carbocycles. The quantitative estimate of drug-likeness (QED) is 0.934. The van der Waals surface area contributed by atoms with E-state index in [4.69, 9.17) is 4.74 Å². The van der Waals surface area contributed by atoms with Crippen molar-refractivity contribution in [3.8, 4) is 5.82 Å². The molecule has 1 fully saturated rings. The van der Waals surface area contributed by atoms with Crippen LogP contribution in [-0.2, 0) is 9.53 Å². The molecule has 0 saturated carbocycles. The molecule has 2 unspecified atom stereocenters. The van der Waals surface area contributed by atoms with Gasteiger partial charge in [0.05, 0.1) is 17.7 Å². The topological polar surface area (TPSA) is 81.9 Å². The van der Waals surface area contributed by atoms with Crippen LogP contribution in [0.15, 0.2) is 12.1 Å². The Morgan fingerprint density at radius 3 is 2.75 bits per heavy atom. The van der Waals surface area contributed by atoms with Crippen molar-refractivity contribution >= 4 is 11.7 Å². The van der Waals surface area contributed by atoms with Gasteiger partial charge in [-0.1, -0.05) is 0 Å². The van der Waals surface area contributed by atoms with Crippen molar-refractivity contribution in [2.45, 2.75) is 46.6 Å². The van der Waals surface area contributed by atoms with Crippen LogP contribution < -0.4 is 5.32 Å². The number of nitrogens with zero attached hydrogens (tertiary/aromatic N) is 4. The summed E-state index contributed by atoms with van der Waals surface area (Å²) < 4.78 is 7.25. The van der Waals surface area contributed by atoms with Crippen LogP contribution in [0.4, 0.5) is 5.82 Å². The van der Waals surface area contributed by atoms with Crippen molar-refractivity contribution in [3.05, 3.63) is 29.3 Å². The van der Waals surface area contributed by atoms with Gasteiger partial charge in [0.1, 0.15) is 11.6 Å². The minimum absolute atomic E-state index is 0.0362. The van der Waals surface area contributed by atoms with Crippen LogP contribution in [0.1, 0.15) is 37.0 Å². The van der Waals surface area contributed by atoms with Crippen LogP contribution >= 0.6 is 0 Å². The largest absolute Gasteiger partial charge is 0.378 e. The second-order valence-electron chi connectivity index (χ2n) is 6.31. The zero-order valence-corrected chi connectivity index (χ0v) is 14.5. The fraction of sp³-hybridized carbons (Fsp3) is 0.529. The highest BCUT2D eigenvalue weighted by atomic mass is 16.5. The van der Waals surface area contributed by atoms with E-state index in [9.17, 15) is 4.79 Å². The second kappa shape index (κ2) is 6.68. The zero-order valence-electron chi connectivity index (χ0n) is 14.5. The maximum absolute atomic E-state index is 12.6. The first-order valence-corrected chi connectivity index (χ1v) is 8.26. The molecule has 0 bridgehead atoms. The summed E-state index contributed by atoms with van der Waals surface area (Å²) in [6.45, 7) is 8.31. The van der Waals surface area contributed by atoms with Gasteiger partial charge in [-0.15, -0.1) is 0 Å². The fourth-order valence-corrected chi connectivity index (χ4v) is 3.06. The van der Waals surface area contributed by atoms with Gasteiger partial charge in [0.15, 0.2) is 5.82 Å². The number of aromatic nitrogens is 4. The van der Waals surface area contributed by atoms with Crippen molar-refractivity contribution in [2.75, 3.05) is 11.9 Å². The fourth-order valence-electron chi connectivity index (χ4n) is 3.06. The molecule has 2 aromatic rings. The summed E-state index contributed by atoms with van der Waals surface area (Å²) in [5.74, 6) is 1.76. The van der Waals surface area contributed by atoms with E-state index in [-0.39, 0.29) is 17.9 Å². The van der Waals surface area contributed by atoms with Crippen LogP contribution in [0.25, 0.3) is 5.82 Å². The average molecular weight is 329 g/mol. The minimum Gasteiger partial charge on any atom is -0.378 e. The normalized spacial score (nSPS) is 20.8. The summed E-state index contributed by atoms with van der Waals surface area (Å²) in [6, 6.07) is 3.69. The van der Waals surface area contributed by atoms with Gasteiger partial charge in [-0.3, -0.25) is 4.79 Å². The van der Waals surface area contributed by atoms with E-state index in [1.807, 2.05) is 39.8 Å². The Labute approximate surface area is 141 Å². The summed E-state index contributed by atoms with van der Waals surface area (Å²) in [5.41, 5.74) is 1.67. The molecular formula is C17H23N5O2. The van der Waals surface area contributed by atoms with Gasteiger partial charge in [0.25, 0.3) is 0 Å². The number of amides is 1. The van der Waals surface area contributed by atoms with E-state index >= 15 is 0 Å². The first-order valence-electron chi connectivity index (χ1n) is 8.26. The van der Waals surface area contributed by atoms with E-state index in [1.54, 1.807) is 4.68 Å². The maximum Gasteiger partial charge on any atom is 0.231 e. The van der Waals surface area contributed by atoms with Gasteiger partial charge in [0, 0.05) is 24.4 Å². The van der Waals surface area contributed by atoms with Gasteiger partial charge in [-0.05, 0) is 40.5 Å². The number of hydrogen-bond donors (Lipinski definition) is 1. The number of aryl methyl sites for hydroxylation is 3. The van der Waals surface area contributed by atoms with Crippen LogP contribution in [0.5, 0.6) is 0 Å². The standard InChI is InChI=1S/C17H23N5O2/c1-10-8-15(19-13(4)18-10)22-16(9-11(2)21-22)20-17(23)14-6-5-7-24-12(14)3/h8-9,12,14H,5-7H2,1-4H3,(H,20,23). The summed E-state index contributed by atoms with van der Waals surface area (Å²) in [7, 11) is 0. The zero-order chi connectivity index (χ0) is 17.3. The molecule has 24 heavy (non-hydrogen) atoms. The number of hydrogen-bond acceptors (Lipinski definition) is 5. The first kappa shape index (κ1) is 16.6. The molecule has 0 aliphatic carbocycles. The SMILES string of the molecule is Cc1cc(-n2nc(C)cc2NC(=O)C2CCCOC2C)nc(C)n1. The molecule has 2 aromatic heterocycles. The molecule has 0 spiro atoms. The molecule has 3 rings (SSSR count). The highest BCUT2D eigenvalue weighted by Gasteiger charge is 2.29. The highest BCUT2D eigenvalue weighted by molar-refractivity contribution is 5.92. The number of carbonyl (C=O) groups excluding carboxylic acids is 1. The highest BCUT2D eigenvalue weighted by Crippen LogP contribution is 2.23. The minimum atomic E-state index is -0.142. The Morgan fingerprint density at radius 1 is 1.25 bits per heavy atom. The predicted octanol–water partition coefficient (Wildman–Crippen LogP) is 2.34. The van der Waals surface area contributed by atoms with Crippen LogP contribution in [-0.4, -0.2) is 38.4 Å². The molecule has 1 N–H and O–H groups in total. The number of rotatable bonds is 3. The van der Waals surface area contributed by atoms with Crippen LogP contribution in [0, 0.1) is 26.7 Å². The van der Waals surface area contributed by atoms with Gasteiger partial charge in [-0.2, -0.15) is 9.78 Å². The lowest BCUT2D eigenvalue weighted by Gasteiger charge is -2.28. The molecule has 2 atom stereocenters. The van der Waals surface area contributed by atoms with Gasteiger partial charge < -0.3 is 10.1 Å². The van der Waals surface area contributed by atoms with Crippen molar-refractivity contribution < 1.29 is 9.53 Å². The third kappa shape index (κ3) is 3.46. The maximum atomic E-state index is 12.6. The lowest BCUT2D eigenvalue weighted by molar-refractivity contribution is -0.127. The Hall–Kier alpha value is -2.28. The Morgan fingerprint density at radius 2 is 2.04 bits per heavy atom. The van der Waals surface area contributed by atoms with Gasteiger partial charge in [-0.25, -0.2) is 9.97 Å². The summed E-state index contributed by atoms with van der Waals surface area (Å²) in [6.07, 6.45) is 1.68. The monoisotopic (exact) mass is 329 g/mol. The molecule has 7 heteroatoms. The molecule has 128 valence electrons.